The van der Waals surface area contributed by atoms with Gasteiger partial charge < -0.3 is 5.32 Å². The van der Waals surface area contributed by atoms with Gasteiger partial charge in [-0.25, -0.2) is 8.42 Å². The maximum atomic E-state index is 12.3. The number of sulfonamides is 1. The van der Waals surface area contributed by atoms with Gasteiger partial charge in [-0.05, 0) is 67.8 Å². The summed E-state index contributed by atoms with van der Waals surface area (Å²) in [7, 11) is -3.28. The van der Waals surface area contributed by atoms with Crippen molar-refractivity contribution in [1.29, 1.82) is 0 Å². The number of anilines is 2. The van der Waals surface area contributed by atoms with Crippen molar-refractivity contribution in [3.8, 4) is 0 Å². The number of nitrogens with one attached hydrogen (secondary N) is 1. The van der Waals surface area contributed by atoms with Gasteiger partial charge in [0.25, 0.3) is 5.91 Å². The lowest BCUT2D eigenvalue weighted by Crippen LogP contribution is -2.36. The Labute approximate surface area is 152 Å². The Morgan fingerprint density at radius 1 is 1.20 bits per heavy atom. The summed E-state index contributed by atoms with van der Waals surface area (Å²) in [5.41, 5.74) is 2.79. The van der Waals surface area contributed by atoms with Gasteiger partial charge >= 0.3 is 0 Å². The molecule has 25 heavy (non-hydrogen) atoms. The van der Waals surface area contributed by atoms with E-state index in [0.29, 0.717) is 28.5 Å². The monoisotopic (exact) mass is 378 g/mol. The summed E-state index contributed by atoms with van der Waals surface area (Å²) < 4.78 is 25.9. The SMILES string of the molecule is CCS(=O)(=O)N1CCCc2cc(NC(=O)c3ccc(Cl)cc3)ccc21. The maximum Gasteiger partial charge on any atom is 0.255 e. The Morgan fingerprint density at radius 3 is 2.60 bits per heavy atom. The molecule has 0 fully saturated rings. The van der Waals surface area contributed by atoms with Gasteiger partial charge in [-0.1, -0.05) is 11.6 Å². The molecule has 3 rings (SSSR count). The molecule has 7 heteroatoms. The lowest BCUT2D eigenvalue weighted by molar-refractivity contribution is 0.102. The highest BCUT2D eigenvalue weighted by Crippen LogP contribution is 2.31. The van der Waals surface area contributed by atoms with Crippen LogP contribution in [0.4, 0.5) is 11.4 Å². The molecule has 5 nitrogen and oxygen atoms in total. The van der Waals surface area contributed by atoms with E-state index in [-0.39, 0.29) is 11.7 Å². The van der Waals surface area contributed by atoms with Crippen molar-refractivity contribution in [3.63, 3.8) is 0 Å². The Balaban J connectivity index is 1.84. The first-order valence-corrected chi connectivity index (χ1v) is 10.1. The zero-order chi connectivity index (χ0) is 18.0. The molecular formula is C18H19ClN2O3S. The first kappa shape index (κ1) is 17.8. The molecule has 1 amide bonds. The summed E-state index contributed by atoms with van der Waals surface area (Å²) in [5, 5.41) is 3.42. The third-order valence-electron chi connectivity index (χ3n) is 4.22. The average molecular weight is 379 g/mol. The molecule has 0 saturated heterocycles. The van der Waals surface area contributed by atoms with Crippen molar-refractivity contribution >= 4 is 38.9 Å². The number of carbonyl (C=O) groups is 1. The summed E-state index contributed by atoms with van der Waals surface area (Å²) in [4.78, 5) is 12.3. The van der Waals surface area contributed by atoms with Crippen LogP contribution in [-0.2, 0) is 16.4 Å². The third-order valence-corrected chi connectivity index (χ3v) is 6.25. The minimum Gasteiger partial charge on any atom is -0.322 e. The Morgan fingerprint density at radius 2 is 1.92 bits per heavy atom. The third kappa shape index (κ3) is 3.80. The van der Waals surface area contributed by atoms with Crippen LogP contribution in [0, 0.1) is 0 Å². The molecule has 0 unspecified atom stereocenters. The van der Waals surface area contributed by atoms with Crippen molar-refractivity contribution in [3.05, 3.63) is 58.6 Å². The van der Waals surface area contributed by atoms with E-state index in [2.05, 4.69) is 5.32 Å². The lowest BCUT2D eigenvalue weighted by Gasteiger charge is -2.30. The molecule has 1 N–H and O–H groups in total. The topological polar surface area (TPSA) is 66.5 Å². The van der Waals surface area contributed by atoms with Crippen molar-refractivity contribution in [2.45, 2.75) is 19.8 Å². The number of rotatable bonds is 4. The van der Waals surface area contributed by atoms with Gasteiger partial charge in [0.05, 0.1) is 11.4 Å². The number of aryl methyl sites for hydroxylation is 1. The minimum absolute atomic E-state index is 0.0709. The fourth-order valence-electron chi connectivity index (χ4n) is 2.89. The highest BCUT2D eigenvalue weighted by Gasteiger charge is 2.26. The molecule has 2 aromatic rings. The summed E-state index contributed by atoms with van der Waals surface area (Å²) in [5.74, 6) is -0.160. The molecule has 1 aliphatic heterocycles. The molecule has 2 aromatic carbocycles. The number of amides is 1. The van der Waals surface area contributed by atoms with E-state index < -0.39 is 10.0 Å². The molecule has 0 saturated carbocycles. The zero-order valence-corrected chi connectivity index (χ0v) is 15.4. The van der Waals surface area contributed by atoms with E-state index in [0.717, 1.165) is 18.4 Å². The van der Waals surface area contributed by atoms with Crippen LogP contribution < -0.4 is 9.62 Å². The van der Waals surface area contributed by atoms with Crippen LogP contribution in [0.5, 0.6) is 0 Å². The first-order chi connectivity index (χ1) is 11.9. The van der Waals surface area contributed by atoms with Crippen molar-refractivity contribution in [2.24, 2.45) is 0 Å². The zero-order valence-electron chi connectivity index (χ0n) is 13.8. The summed E-state index contributed by atoms with van der Waals surface area (Å²) >= 11 is 5.83. The molecule has 1 heterocycles. The van der Waals surface area contributed by atoms with E-state index in [1.165, 1.54) is 4.31 Å². The van der Waals surface area contributed by atoms with Gasteiger partial charge in [-0.2, -0.15) is 0 Å². The maximum absolute atomic E-state index is 12.3. The predicted octanol–water partition coefficient (Wildman–Crippen LogP) is 3.69. The second-order valence-electron chi connectivity index (χ2n) is 5.88. The van der Waals surface area contributed by atoms with E-state index in [1.54, 1.807) is 43.3 Å². The molecule has 0 aromatic heterocycles. The first-order valence-electron chi connectivity index (χ1n) is 8.11. The number of nitrogens with zero attached hydrogens (tertiary/aromatic N) is 1. The summed E-state index contributed by atoms with van der Waals surface area (Å²) in [6.07, 6.45) is 1.55. The number of carbonyl (C=O) groups excluding carboxylic acids is 1. The smallest absolute Gasteiger partial charge is 0.255 e. The van der Waals surface area contributed by atoms with Crippen LogP contribution >= 0.6 is 11.6 Å². The molecule has 0 atom stereocenters. The second kappa shape index (κ2) is 7.06. The molecule has 0 radical (unpaired) electrons. The van der Waals surface area contributed by atoms with Gasteiger partial charge in [0.1, 0.15) is 0 Å². The molecule has 0 bridgehead atoms. The number of fused-ring (bicyclic) bond motifs is 1. The average Bonchev–Trinajstić information content (AvgIpc) is 2.61. The van der Waals surface area contributed by atoms with Crippen molar-refractivity contribution in [1.82, 2.24) is 0 Å². The molecule has 132 valence electrons. The van der Waals surface area contributed by atoms with Crippen molar-refractivity contribution < 1.29 is 13.2 Å². The quantitative estimate of drug-likeness (QED) is 0.882. The molecular weight excluding hydrogens is 360 g/mol. The van der Waals surface area contributed by atoms with E-state index in [4.69, 9.17) is 11.6 Å². The van der Waals surface area contributed by atoms with Gasteiger partial charge in [0.2, 0.25) is 10.0 Å². The summed E-state index contributed by atoms with van der Waals surface area (Å²) in [6.45, 7) is 2.14. The molecule has 0 aliphatic carbocycles. The highest BCUT2D eigenvalue weighted by molar-refractivity contribution is 7.92. The molecule has 1 aliphatic rings. The van der Waals surface area contributed by atoms with E-state index in [9.17, 15) is 13.2 Å². The van der Waals surface area contributed by atoms with Crippen LogP contribution in [0.25, 0.3) is 0 Å². The van der Waals surface area contributed by atoms with E-state index in [1.807, 2.05) is 6.07 Å². The van der Waals surface area contributed by atoms with Crippen LogP contribution in [0.1, 0.15) is 29.3 Å². The Hall–Kier alpha value is -2.05. The van der Waals surface area contributed by atoms with Crippen LogP contribution in [-0.4, -0.2) is 26.6 Å². The van der Waals surface area contributed by atoms with Crippen molar-refractivity contribution in [2.75, 3.05) is 21.9 Å². The standard InChI is InChI=1S/C18H19ClN2O3S/c1-2-25(23,24)21-11-3-4-14-12-16(9-10-17(14)21)20-18(22)13-5-7-15(19)8-6-13/h5-10,12H,2-4,11H2,1H3,(H,20,22). The van der Waals surface area contributed by atoms with E-state index >= 15 is 0 Å². The van der Waals surface area contributed by atoms with Gasteiger partial charge in [0, 0.05) is 22.8 Å². The lowest BCUT2D eigenvalue weighted by atomic mass is 10.0. The number of halogens is 1. The fraction of sp³-hybridized carbons (Fsp3) is 0.278. The second-order valence-corrected chi connectivity index (χ2v) is 8.50. The van der Waals surface area contributed by atoms with Gasteiger partial charge in [-0.3, -0.25) is 9.10 Å². The number of benzene rings is 2. The largest absolute Gasteiger partial charge is 0.322 e. The predicted molar refractivity (Wildman–Crippen MR) is 101 cm³/mol. The summed E-state index contributed by atoms with van der Waals surface area (Å²) in [6, 6.07) is 12.0. The highest BCUT2D eigenvalue weighted by atomic mass is 35.5. The normalized spacial score (nSPS) is 14.1. The Kier molecular flexibility index (Phi) is 5.01. The van der Waals surface area contributed by atoms with Crippen LogP contribution in [0.2, 0.25) is 5.02 Å². The Bertz CT molecular complexity index is 895. The van der Waals surface area contributed by atoms with Gasteiger partial charge in [-0.15, -0.1) is 0 Å². The van der Waals surface area contributed by atoms with Crippen LogP contribution in [0.15, 0.2) is 42.5 Å². The van der Waals surface area contributed by atoms with Crippen LogP contribution in [0.3, 0.4) is 0 Å². The number of hydrogen-bond donors (Lipinski definition) is 1. The number of hydrogen-bond acceptors (Lipinski definition) is 3. The fourth-order valence-corrected chi connectivity index (χ4v) is 4.21. The molecule has 0 spiro atoms. The minimum atomic E-state index is -3.28. The van der Waals surface area contributed by atoms with Gasteiger partial charge in [0.15, 0.2) is 0 Å².